The van der Waals surface area contributed by atoms with E-state index in [1.807, 2.05) is 44.2 Å². The second kappa shape index (κ2) is 5.13. The van der Waals surface area contributed by atoms with Crippen molar-refractivity contribution in [3.05, 3.63) is 52.0 Å². The largest absolute Gasteiger partial charge is 0.504 e. The Bertz CT molecular complexity index is 745. The van der Waals surface area contributed by atoms with E-state index >= 15 is 0 Å². The highest BCUT2D eigenvalue weighted by molar-refractivity contribution is 7.11. The van der Waals surface area contributed by atoms with Gasteiger partial charge in [-0.05, 0) is 36.8 Å². The molecule has 3 nitrogen and oxygen atoms in total. The van der Waals surface area contributed by atoms with Gasteiger partial charge in [-0.1, -0.05) is 24.3 Å². The van der Waals surface area contributed by atoms with E-state index in [4.69, 9.17) is 4.74 Å². The highest BCUT2D eigenvalue weighted by Crippen LogP contribution is 2.32. The van der Waals surface area contributed by atoms with Crippen molar-refractivity contribution in [1.82, 2.24) is 4.98 Å². The van der Waals surface area contributed by atoms with Gasteiger partial charge in [-0.15, -0.1) is 11.3 Å². The standard InChI is InChI=1S/C16H15NO2S/c1-10-11(2)20-16(17-10)9-19-15-8-13-6-4-3-5-12(13)7-14(15)18/h3-8,18H,9H2,1-2H3. The lowest BCUT2D eigenvalue weighted by atomic mass is 10.1. The van der Waals surface area contributed by atoms with Crippen LogP contribution in [0.15, 0.2) is 36.4 Å². The third-order valence-corrected chi connectivity index (χ3v) is 4.30. The molecule has 0 spiro atoms. The van der Waals surface area contributed by atoms with Crippen molar-refractivity contribution in [1.29, 1.82) is 0 Å². The minimum Gasteiger partial charge on any atom is -0.504 e. The molecule has 20 heavy (non-hydrogen) atoms. The molecule has 1 N–H and O–H groups in total. The smallest absolute Gasteiger partial charge is 0.162 e. The molecule has 4 heteroatoms. The van der Waals surface area contributed by atoms with Gasteiger partial charge in [-0.25, -0.2) is 4.98 Å². The minimum atomic E-state index is 0.161. The van der Waals surface area contributed by atoms with Gasteiger partial charge in [0.05, 0.1) is 5.69 Å². The van der Waals surface area contributed by atoms with Crippen LogP contribution in [-0.2, 0) is 6.61 Å². The first kappa shape index (κ1) is 12.9. The van der Waals surface area contributed by atoms with Crippen LogP contribution in [-0.4, -0.2) is 10.1 Å². The maximum absolute atomic E-state index is 10.0. The Morgan fingerprint density at radius 3 is 2.50 bits per heavy atom. The Labute approximate surface area is 121 Å². The van der Waals surface area contributed by atoms with E-state index in [1.54, 1.807) is 17.4 Å². The first-order valence-electron chi connectivity index (χ1n) is 6.41. The van der Waals surface area contributed by atoms with Crippen LogP contribution in [0.5, 0.6) is 11.5 Å². The third kappa shape index (κ3) is 2.47. The zero-order chi connectivity index (χ0) is 14.1. The van der Waals surface area contributed by atoms with E-state index in [-0.39, 0.29) is 5.75 Å². The maximum atomic E-state index is 10.0. The fraction of sp³-hybridized carbons (Fsp3) is 0.188. The summed E-state index contributed by atoms with van der Waals surface area (Å²) in [5, 5.41) is 13.0. The monoisotopic (exact) mass is 285 g/mol. The van der Waals surface area contributed by atoms with Gasteiger partial charge < -0.3 is 9.84 Å². The molecule has 3 aromatic rings. The van der Waals surface area contributed by atoms with Gasteiger partial charge in [-0.2, -0.15) is 0 Å². The van der Waals surface area contributed by atoms with Crippen molar-refractivity contribution in [2.45, 2.75) is 20.5 Å². The fourth-order valence-corrected chi connectivity index (χ4v) is 2.91. The Kier molecular flexibility index (Phi) is 3.32. The molecule has 2 aromatic carbocycles. The lowest BCUT2D eigenvalue weighted by molar-refractivity contribution is 0.289. The number of benzene rings is 2. The van der Waals surface area contributed by atoms with Crippen molar-refractivity contribution in [3.8, 4) is 11.5 Å². The highest BCUT2D eigenvalue weighted by Gasteiger charge is 2.08. The predicted molar refractivity (Wildman–Crippen MR) is 81.5 cm³/mol. The SMILES string of the molecule is Cc1nc(COc2cc3ccccc3cc2O)sc1C. The number of ether oxygens (including phenoxy) is 1. The number of hydrogen-bond donors (Lipinski definition) is 1. The maximum Gasteiger partial charge on any atom is 0.162 e. The van der Waals surface area contributed by atoms with Crippen LogP contribution < -0.4 is 4.74 Å². The molecular formula is C16H15NO2S. The average molecular weight is 285 g/mol. The van der Waals surface area contributed by atoms with Gasteiger partial charge >= 0.3 is 0 Å². The number of fused-ring (bicyclic) bond motifs is 1. The van der Waals surface area contributed by atoms with Crippen molar-refractivity contribution >= 4 is 22.1 Å². The number of aromatic hydroxyl groups is 1. The van der Waals surface area contributed by atoms with Gasteiger partial charge in [-0.3, -0.25) is 0 Å². The molecule has 0 radical (unpaired) electrons. The third-order valence-electron chi connectivity index (χ3n) is 3.25. The first-order valence-corrected chi connectivity index (χ1v) is 7.22. The molecule has 1 aromatic heterocycles. The molecule has 0 unspecified atom stereocenters. The molecule has 0 aliphatic carbocycles. The van der Waals surface area contributed by atoms with Crippen molar-refractivity contribution in [2.24, 2.45) is 0 Å². The molecule has 0 aliphatic heterocycles. The van der Waals surface area contributed by atoms with Gasteiger partial charge in [0.15, 0.2) is 11.5 Å². The van der Waals surface area contributed by atoms with Crippen LogP contribution in [0.2, 0.25) is 0 Å². The van der Waals surface area contributed by atoms with E-state index in [1.165, 1.54) is 4.88 Å². The van der Waals surface area contributed by atoms with Crippen molar-refractivity contribution in [3.63, 3.8) is 0 Å². The summed E-state index contributed by atoms with van der Waals surface area (Å²) >= 11 is 1.63. The molecule has 0 aliphatic rings. The normalized spacial score (nSPS) is 10.9. The van der Waals surface area contributed by atoms with Crippen LogP contribution >= 0.6 is 11.3 Å². The second-order valence-corrected chi connectivity index (χ2v) is 5.99. The summed E-state index contributed by atoms with van der Waals surface area (Å²) in [7, 11) is 0. The van der Waals surface area contributed by atoms with E-state index in [9.17, 15) is 5.11 Å². The van der Waals surface area contributed by atoms with E-state index in [0.717, 1.165) is 21.5 Å². The van der Waals surface area contributed by atoms with E-state index < -0.39 is 0 Å². The number of rotatable bonds is 3. The molecule has 102 valence electrons. The molecule has 0 bridgehead atoms. The van der Waals surface area contributed by atoms with Crippen LogP contribution in [0.1, 0.15) is 15.6 Å². The Morgan fingerprint density at radius 1 is 1.15 bits per heavy atom. The number of thiazole rings is 1. The number of hydrogen-bond acceptors (Lipinski definition) is 4. The molecule has 0 atom stereocenters. The van der Waals surface area contributed by atoms with E-state index in [2.05, 4.69) is 4.98 Å². The van der Waals surface area contributed by atoms with Crippen LogP contribution in [0, 0.1) is 13.8 Å². The number of nitrogens with zero attached hydrogens (tertiary/aromatic N) is 1. The zero-order valence-electron chi connectivity index (χ0n) is 11.4. The van der Waals surface area contributed by atoms with Crippen LogP contribution in [0.4, 0.5) is 0 Å². The predicted octanol–water partition coefficient (Wildman–Crippen LogP) is 4.20. The summed E-state index contributed by atoms with van der Waals surface area (Å²) < 4.78 is 5.70. The summed E-state index contributed by atoms with van der Waals surface area (Å²) in [6.07, 6.45) is 0. The first-order chi connectivity index (χ1) is 9.63. The van der Waals surface area contributed by atoms with Gasteiger partial charge in [0.2, 0.25) is 0 Å². The van der Waals surface area contributed by atoms with Crippen molar-refractivity contribution in [2.75, 3.05) is 0 Å². The Hall–Kier alpha value is -2.07. The Balaban J connectivity index is 1.85. The van der Waals surface area contributed by atoms with E-state index in [0.29, 0.717) is 12.4 Å². The molecule has 1 heterocycles. The number of phenolic OH excluding ortho intramolecular Hbond substituents is 1. The fourth-order valence-electron chi connectivity index (χ4n) is 2.06. The molecular weight excluding hydrogens is 270 g/mol. The quantitative estimate of drug-likeness (QED) is 0.784. The van der Waals surface area contributed by atoms with Crippen molar-refractivity contribution < 1.29 is 9.84 Å². The van der Waals surface area contributed by atoms with Gasteiger partial charge in [0.25, 0.3) is 0 Å². The molecule has 0 amide bonds. The Morgan fingerprint density at radius 2 is 1.85 bits per heavy atom. The van der Waals surface area contributed by atoms with Gasteiger partial charge in [0, 0.05) is 4.88 Å². The van der Waals surface area contributed by atoms with Gasteiger partial charge in [0.1, 0.15) is 11.6 Å². The lowest BCUT2D eigenvalue weighted by Gasteiger charge is -2.08. The van der Waals surface area contributed by atoms with Crippen LogP contribution in [0.3, 0.4) is 0 Å². The number of phenols is 1. The number of aromatic nitrogens is 1. The highest BCUT2D eigenvalue weighted by atomic mass is 32.1. The summed E-state index contributed by atoms with van der Waals surface area (Å²) in [5.74, 6) is 0.655. The zero-order valence-corrected chi connectivity index (χ0v) is 12.2. The minimum absolute atomic E-state index is 0.161. The molecule has 0 saturated heterocycles. The molecule has 0 saturated carbocycles. The number of aryl methyl sites for hydroxylation is 2. The molecule has 0 fully saturated rings. The lowest BCUT2D eigenvalue weighted by Crippen LogP contribution is -1.95. The second-order valence-electron chi connectivity index (χ2n) is 4.70. The summed E-state index contributed by atoms with van der Waals surface area (Å²) in [5.41, 5.74) is 1.04. The average Bonchev–Trinajstić information content (AvgIpc) is 2.75. The summed E-state index contributed by atoms with van der Waals surface area (Å²) in [6.45, 7) is 4.41. The molecule has 3 rings (SSSR count). The summed E-state index contributed by atoms with van der Waals surface area (Å²) in [6, 6.07) is 11.5. The summed E-state index contributed by atoms with van der Waals surface area (Å²) in [4.78, 5) is 5.63. The van der Waals surface area contributed by atoms with Crippen LogP contribution in [0.25, 0.3) is 10.8 Å². The topological polar surface area (TPSA) is 42.4 Å².